The Kier molecular flexibility index (Phi) is 6.22. The van der Waals surface area contributed by atoms with E-state index in [9.17, 15) is 9.59 Å². The molecule has 1 saturated carbocycles. The van der Waals surface area contributed by atoms with Crippen LogP contribution in [-0.2, 0) is 17.7 Å². The number of nitrogens with zero attached hydrogens (tertiary/aromatic N) is 5. The minimum absolute atomic E-state index is 0.0428. The predicted molar refractivity (Wildman–Crippen MR) is 141 cm³/mol. The number of nitrogens with one attached hydrogen (secondary N) is 1. The summed E-state index contributed by atoms with van der Waals surface area (Å²) in [6.45, 7) is 5.92. The highest BCUT2D eigenvalue weighted by molar-refractivity contribution is 6.31. The van der Waals surface area contributed by atoms with Gasteiger partial charge in [0.15, 0.2) is 0 Å². The fraction of sp³-hybridized carbons (Fsp3) is 0.407. The molecule has 37 heavy (non-hydrogen) atoms. The van der Waals surface area contributed by atoms with Crippen LogP contribution in [0, 0.1) is 6.92 Å². The second-order valence-electron chi connectivity index (χ2n) is 10.1. The zero-order chi connectivity index (χ0) is 25.7. The molecule has 1 unspecified atom stereocenters. The third-order valence-electron chi connectivity index (χ3n) is 7.19. The van der Waals surface area contributed by atoms with Crippen LogP contribution in [0.3, 0.4) is 0 Å². The van der Waals surface area contributed by atoms with Gasteiger partial charge in [-0.1, -0.05) is 11.6 Å². The van der Waals surface area contributed by atoms with Crippen molar-refractivity contribution in [3.63, 3.8) is 0 Å². The van der Waals surface area contributed by atoms with Gasteiger partial charge < -0.3 is 10.1 Å². The van der Waals surface area contributed by atoms with Crippen LogP contribution in [0.5, 0.6) is 0 Å². The molecule has 9 nitrogen and oxygen atoms in total. The summed E-state index contributed by atoms with van der Waals surface area (Å²) in [4.78, 5) is 30.2. The van der Waals surface area contributed by atoms with E-state index in [0.717, 1.165) is 65.8 Å². The lowest BCUT2D eigenvalue weighted by Crippen LogP contribution is -2.44. The van der Waals surface area contributed by atoms with Crippen molar-refractivity contribution in [3.8, 4) is 11.3 Å². The number of rotatable bonds is 6. The van der Waals surface area contributed by atoms with Gasteiger partial charge in [0.25, 0.3) is 5.56 Å². The first-order chi connectivity index (χ1) is 17.9. The average Bonchev–Trinajstić information content (AvgIpc) is 3.61. The van der Waals surface area contributed by atoms with Crippen molar-refractivity contribution < 1.29 is 4.74 Å². The second-order valence-corrected chi connectivity index (χ2v) is 10.6. The highest BCUT2D eigenvalue weighted by Crippen LogP contribution is 2.34. The number of morpholine rings is 1. The van der Waals surface area contributed by atoms with Crippen molar-refractivity contribution >= 4 is 17.1 Å². The Morgan fingerprint density at radius 1 is 1.19 bits per heavy atom. The van der Waals surface area contributed by atoms with Gasteiger partial charge in [0, 0.05) is 54.6 Å². The summed E-state index contributed by atoms with van der Waals surface area (Å²) in [7, 11) is 0. The van der Waals surface area contributed by atoms with Crippen molar-refractivity contribution in [2.24, 2.45) is 0 Å². The van der Waals surface area contributed by atoms with Gasteiger partial charge in [-0.25, -0.2) is 14.3 Å². The van der Waals surface area contributed by atoms with Crippen LogP contribution >= 0.6 is 11.6 Å². The van der Waals surface area contributed by atoms with E-state index in [1.807, 2.05) is 24.4 Å². The van der Waals surface area contributed by atoms with E-state index in [0.29, 0.717) is 5.02 Å². The molecule has 0 radical (unpaired) electrons. The molecule has 1 aliphatic carbocycles. The van der Waals surface area contributed by atoms with Gasteiger partial charge in [0.2, 0.25) is 0 Å². The summed E-state index contributed by atoms with van der Waals surface area (Å²) < 4.78 is 10.9. The van der Waals surface area contributed by atoms with Crippen molar-refractivity contribution in [1.82, 2.24) is 29.0 Å². The second kappa shape index (κ2) is 9.55. The summed E-state index contributed by atoms with van der Waals surface area (Å²) in [5, 5.41) is 8.47. The van der Waals surface area contributed by atoms with Gasteiger partial charge in [-0.15, -0.1) is 0 Å². The van der Waals surface area contributed by atoms with E-state index in [1.54, 1.807) is 15.3 Å². The third kappa shape index (κ3) is 4.74. The van der Waals surface area contributed by atoms with E-state index in [2.05, 4.69) is 29.2 Å². The van der Waals surface area contributed by atoms with Gasteiger partial charge in [0.05, 0.1) is 30.0 Å². The van der Waals surface area contributed by atoms with E-state index in [4.69, 9.17) is 16.3 Å². The minimum Gasteiger partial charge on any atom is -0.372 e. The van der Waals surface area contributed by atoms with Crippen molar-refractivity contribution in [3.05, 3.63) is 85.5 Å². The third-order valence-corrected chi connectivity index (χ3v) is 7.41. The molecule has 4 aromatic rings. The van der Waals surface area contributed by atoms with E-state index >= 15 is 0 Å². The topological polar surface area (TPSA) is 95.5 Å². The lowest BCUT2D eigenvalue weighted by atomic mass is 9.93. The Hall–Kier alpha value is -3.27. The quantitative estimate of drug-likeness (QED) is 0.420. The molecule has 1 saturated heterocycles. The highest BCUT2D eigenvalue weighted by Gasteiger charge is 2.26. The molecule has 1 aliphatic heterocycles. The Bertz CT molecular complexity index is 1600. The van der Waals surface area contributed by atoms with Crippen LogP contribution in [-0.4, -0.2) is 49.0 Å². The molecule has 4 heterocycles. The van der Waals surface area contributed by atoms with Gasteiger partial charge in [-0.3, -0.25) is 13.9 Å². The van der Waals surface area contributed by atoms with Crippen LogP contribution in [0.2, 0.25) is 5.02 Å². The Morgan fingerprint density at radius 3 is 2.81 bits per heavy atom. The van der Waals surface area contributed by atoms with Crippen molar-refractivity contribution in [2.75, 3.05) is 13.1 Å². The number of hydrogen-bond acceptors (Lipinski definition) is 6. The standard InChI is InChI=1S/C27H29ClN6O3/c1-16-7-19(28)9-23(22(16)10-21-12-29-11-17(2)37-21)26-24-8-18(14-34(24)31-15-30-26)13-33-25(35)5-6-32(27(33)36)20-3-4-20/h5-9,14-15,17,20-21,29H,3-4,10-13H2,1-2H3/t17-,21?/m0/s1. The molecule has 192 valence electrons. The maximum Gasteiger partial charge on any atom is 0.331 e. The first kappa shape index (κ1) is 24.1. The predicted octanol–water partition coefficient (Wildman–Crippen LogP) is 2.98. The SMILES string of the molecule is Cc1cc(Cl)cc(-c2ncnn3cc(Cn4c(=O)ccn(C5CC5)c4=O)cc23)c1CC1CNC[C@H](C)O1. The summed E-state index contributed by atoms with van der Waals surface area (Å²) in [5.74, 6) is 0. The van der Waals surface area contributed by atoms with Gasteiger partial charge in [0.1, 0.15) is 6.33 Å². The Morgan fingerprint density at radius 2 is 2.03 bits per heavy atom. The van der Waals surface area contributed by atoms with Crippen LogP contribution < -0.4 is 16.6 Å². The summed E-state index contributed by atoms with van der Waals surface area (Å²) in [5.41, 5.74) is 4.86. The number of aryl methyl sites for hydroxylation is 1. The molecular weight excluding hydrogens is 492 g/mol. The van der Waals surface area contributed by atoms with Gasteiger partial charge >= 0.3 is 5.69 Å². The fourth-order valence-electron chi connectivity index (χ4n) is 5.24. The zero-order valence-electron chi connectivity index (χ0n) is 20.9. The maximum absolute atomic E-state index is 13.0. The van der Waals surface area contributed by atoms with Crippen molar-refractivity contribution in [2.45, 2.75) is 57.9 Å². The molecule has 2 aliphatic rings. The molecule has 0 spiro atoms. The van der Waals surface area contributed by atoms with E-state index in [-0.39, 0.29) is 36.0 Å². The lowest BCUT2D eigenvalue weighted by Gasteiger charge is -2.30. The summed E-state index contributed by atoms with van der Waals surface area (Å²) >= 11 is 6.51. The van der Waals surface area contributed by atoms with E-state index in [1.165, 1.54) is 17.0 Å². The normalized spacial score (nSPS) is 20.0. The average molecular weight is 521 g/mol. The molecule has 10 heteroatoms. The van der Waals surface area contributed by atoms with Crippen LogP contribution in [0.15, 0.2) is 52.6 Å². The number of aromatic nitrogens is 5. The fourth-order valence-corrected chi connectivity index (χ4v) is 5.52. The molecule has 2 fully saturated rings. The minimum atomic E-state index is -0.313. The number of ether oxygens (including phenoxy) is 1. The van der Waals surface area contributed by atoms with Crippen LogP contribution in [0.4, 0.5) is 0 Å². The number of hydrogen-bond donors (Lipinski definition) is 1. The van der Waals surface area contributed by atoms with E-state index < -0.39 is 0 Å². The van der Waals surface area contributed by atoms with Crippen molar-refractivity contribution in [1.29, 1.82) is 0 Å². The first-order valence-electron chi connectivity index (χ1n) is 12.7. The number of benzene rings is 1. The molecule has 2 atom stereocenters. The molecule has 3 aromatic heterocycles. The summed E-state index contributed by atoms with van der Waals surface area (Å²) in [6.07, 6.45) is 7.81. The molecule has 1 N–H and O–H groups in total. The molecular formula is C27H29ClN6O3. The summed E-state index contributed by atoms with van der Waals surface area (Å²) in [6, 6.07) is 7.51. The molecule has 1 aromatic carbocycles. The lowest BCUT2D eigenvalue weighted by molar-refractivity contribution is -0.0262. The largest absolute Gasteiger partial charge is 0.372 e. The maximum atomic E-state index is 13.0. The van der Waals surface area contributed by atoms with Gasteiger partial charge in [-0.2, -0.15) is 5.10 Å². The molecule has 0 amide bonds. The zero-order valence-corrected chi connectivity index (χ0v) is 21.6. The molecule has 0 bridgehead atoms. The smallest absolute Gasteiger partial charge is 0.331 e. The Labute approximate surface area is 218 Å². The number of halogens is 1. The molecule has 6 rings (SSSR count). The van der Waals surface area contributed by atoms with Gasteiger partial charge in [-0.05, 0) is 61.6 Å². The first-order valence-corrected chi connectivity index (χ1v) is 13.0. The highest BCUT2D eigenvalue weighted by atomic mass is 35.5. The van der Waals surface area contributed by atoms with Crippen LogP contribution in [0.25, 0.3) is 16.8 Å². The Balaban J connectivity index is 1.40. The number of fused-ring (bicyclic) bond motifs is 1. The van der Waals surface area contributed by atoms with Crippen LogP contribution in [0.1, 0.15) is 42.5 Å². The monoisotopic (exact) mass is 520 g/mol.